The van der Waals surface area contributed by atoms with Gasteiger partial charge >= 0.3 is 0 Å². The zero-order valence-corrected chi connectivity index (χ0v) is 12.8. The maximum Gasteiger partial charge on any atom is 0.246 e. The summed E-state index contributed by atoms with van der Waals surface area (Å²) in [5.41, 5.74) is 0.908. The fourth-order valence-corrected chi connectivity index (χ4v) is 3.86. The molecule has 0 radical (unpaired) electrons. The molecule has 0 aromatic carbocycles. The molecule has 1 aromatic rings. The first kappa shape index (κ1) is 15.0. The number of carbonyl (C=O) groups excluding carboxylic acids is 1. The van der Waals surface area contributed by atoms with E-state index in [1.54, 1.807) is 18.7 Å². The van der Waals surface area contributed by atoms with Crippen molar-refractivity contribution in [1.82, 2.24) is 19.4 Å². The van der Waals surface area contributed by atoms with E-state index in [-0.39, 0.29) is 17.3 Å². The highest BCUT2D eigenvalue weighted by Gasteiger charge is 2.30. The first-order valence-corrected chi connectivity index (χ1v) is 8.03. The van der Waals surface area contributed by atoms with Crippen molar-refractivity contribution in [3.05, 3.63) is 11.4 Å². The average Bonchev–Trinajstić information content (AvgIpc) is 2.99. The lowest BCUT2D eigenvalue weighted by Crippen LogP contribution is -2.40. The minimum atomic E-state index is -3.69. The van der Waals surface area contributed by atoms with Crippen LogP contribution in [0.5, 0.6) is 0 Å². The highest BCUT2D eigenvalue weighted by molar-refractivity contribution is 7.89. The van der Waals surface area contributed by atoms with Crippen molar-refractivity contribution in [2.24, 2.45) is 0 Å². The van der Waals surface area contributed by atoms with Crippen molar-refractivity contribution in [2.75, 3.05) is 26.7 Å². The number of aromatic nitrogens is 2. The Hall–Kier alpha value is -1.41. The maximum absolute atomic E-state index is 12.5. The zero-order chi connectivity index (χ0) is 14.9. The molecule has 0 bridgehead atoms. The van der Waals surface area contributed by atoms with Gasteiger partial charge in [-0.2, -0.15) is 9.40 Å². The molecule has 1 fully saturated rings. The number of likely N-dealkylation sites (tertiary alicyclic amines) is 1. The molecule has 1 aliphatic heterocycles. The summed E-state index contributed by atoms with van der Waals surface area (Å²) in [6.07, 6.45) is 1.98. The number of likely N-dealkylation sites (N-methyl/N-ethyl adjacent to an activating group) is 1. The molecule has 20 heavy (non-hydrogen) atoms. The van der Waals surface area contributed by atoms with E-state index >= 15 is 0 Å². The zero-order valence-electron chi connectivity index (χ0n) is 12.0. The number of H-pyrrole nitrogens is 1. The van der Waals surface area contributed by atoms with E-state index in [1.165, 1.54) is 7.05 Å². The van der Waals surface area contributed by atoms with E-state index in [4.69, 9.17) is 0 Å². The van der Waals surface area contributed by atoms with Crippen molar-refractivity contribution in [3.8, 4) is 0 Å². The molecule has 112 valence electrons. The fourth-order valence-electron chi connectivity index (χ4n) is 2.42. The van der Waals surface area contributed by atoms with Crippen LogP contribution in [0.4, 0.5) is 0 Å². The number of hydrogen-bond acceptors (Lipinski definition) is 4. The Morgan fingerprint density at radius 2 is 1.95 bits per heavy atom. The summed E-state index contributed by atoms with van der Waals surface area (Å²) in [6, 6.07) is 0. The van der Waals surface area contributed by atoms with E-state index in [0.29, 0.717) is 11.4 Å². The number of nitrogens with one attached hydrogen (secondary N) is 1. The first-order chi connectivity index (χ1) is 9.34. The summed E-state index contributed by atoms with van der Waals surface area (Å²) in [4.78, 5) is 13.9. The molecule has 0 atom stereocenters. The van der Waals surface area contributed by atoms with Gasteiger partial charge in [-0.15, -0.1) is 0 Å². The van der Waals surface area contributed by atoms with Crippen LogP contribution >= 0.6 is 0 Å². The largest absolute Gasteiger partial charge is 0.342 e. The molecular weight excluding hydrogens is 280 g/mol. The summed E-state index contributed by atoms with van der Waals surface area (Å²) in [7, 11) is -2.26. The van der Waals surface area contributed by atoms with Gasteiger partial charge in [0, 0.05) is 20.1 Å². The van der Waals surface area contributed by atoms with E-state index in [2.05, 4.69) is 10.2 Å². The quantitative estimate of drug-likeness (QED) is 0.864. The Bertz CT molecular complexity index is 583. The molecule has 0 spiro atoms. The molecule has 0 unspecified atom stereocenters. The van der Waals surface area contributed by atoms with Crippen LogP contribution in [-0.4, -0.2) is 60.4 Å². The second kappa shape index (κ2) is 5.53. The average molecular weight is 300 g/mol. The van der Waals surface area contributed by atoms with Crippen LogP contribution in [0.3, 0.4) is 0 Å². The van der Waals surface area contributed by atoms with E-state index in [9.17, 15) is 13.2 Å². The Labute approximate surface area is 119 Å². The number of amides is 1. The predicted octanol–water partition coefficient (Wildman–Crippen LogP) is 0.269. The van der Waals surface area contributed by atoms with Gasteiger partial charge in [-0.25, -0.2) is 8.42 Å². The number of aromatic amines is 1. The molecule has 1 N–H and O–H groups in total. The Balaban J connectivity index is 2.15. The third-order valence-electron chi connectivity index (χ3n) is 3.55. The van der Waals surface area contributed by atoms with Crippen molar-refractivity contribution in [1.29, 1.82) is 0 Å². The van der Waals surface area contributed by atoms with Crippen molar-refractivity contribution < 1.29 is 13.2 Å². The predicted molar refractivity (Wildman–Crippen MR) is 73.7 cm³/mol. The topological polar surface area (TPSA) is 86.4 Å². The van der Waals surface area contributed by atoms with Crippen molar-refractivity contribution in [2.45, 2.75) is 31.6 Å². The van der Waals surface area contributed by atoms with Gasteiger partial charge in [0.1, 0.15) is 4.90 Å². The lowest BCUT2D eigenvalue weighted by atomic mass is 10.4. The van der Waals surface area contributed by atoms with Crippen LogP contribution in [0.2, 0.25) is 0 Å². The van der Waals surface area contributed by atoms with E-state index in [1.807, 2.05) is 0 Å². The SMILES string of the molecule is Cc1n[nH]c(C)c1S(=O)(=O)N(C)CC(=O)N1CCCC1. The number of hydrogen-bond donors (Lipinski definition) is 1. The molecule has 1 aromatic heterocycles. The Morgan fingerprint density at radius 1 is 1.35 bits per heavy atom. The molecule has 1 aliphatic rings. The number of sulfonamides is 1. The second-order valence-electron chi connectivity index (χ2n) is 5.11. The molecule has 0 saturated carbocycles. The van der Waals surface area contributed by atoms with E-state index in [0.717, 1.165) is 30.2 Å². The number of nitrogens with zero attached hydrogens (tertiary/aromatic N) is 3. The third-order valence-corrected chi connectivity index (χ3v) is 5.61. The molecular formula is C12H20N4O3S. The molecule has 1 amide bonds. The highest BCUT2D eigenvalue weighted by atomic mass is 32.2. The van der Waals surface area contributed by atoms with Gasteiger partial charge in [-0.3, -0.25) is 9.89 Å². The lowest BCUT2D eigenvalue weighted by molar-refractivity contribution is -0.130. The van der Waals surface area contributed by atoms with Crippen molar-refractivity contribution in [3.63, 3.8) is 0 Å². The number of aryl methyl sites for hydroxylation is 2. The Kier molecular flexibility index (Phi) is 4.14. The molecule has 2 rings (SSSR count). The summed E-state index contributed by atoms with van der Waals surface area (Å²) in [5, 5.41) is 6.55. The van der Waals surface area contributed by atoms with Crippen molar-refractivity contribution >= 4 is 15.9 Å². The lowest BCUT2D eigenvalue weighted by Gasteiger charge is -2.21. The minimum Gasteiger partial charge on any atom is -0.342 e. The number of carbonyl (C=O) groups is 1. The van der Waals surface area contributed by atoms with Crippen LogP contribution in [-0.2, 0) is 14.8 Å². The first-order valence-electron chi connectivity index (χ1n) is 6.59. The summed E-state index contributed by atoms with van der Waals surface area (Å²) < 4.78 is 26.1. The molecule has 7 nitrogen and oxygen atoms in total. The third kappa shape index (κ3) is 2.71. The van der Waals surface area contributed by atoms with Gasteiger partial charge in [-0.05, 0) is 26.7 Å². The van der Waals surface area contributed by atoms with Gasteiger partial charge < -0.3 is 4.90 Å². The van der Waals surface area contributed by atoms with Gasteiger partial charge in [0.15, 0.2) is 0 Å². The second-order valence-corrected chi connectivity index (χ2v) is 7.09. The van der Waals surface area contributed by atoms with Gasteiger partial charge in [0.05, 0.1) is 17.9 Å². The normalized spacial score (nSPS) is 16.1. The number of rotatable bonds is 4. The summed E-state index contributed by atoms with van der Waals surface area (Å²) >= 11 is 0. The summed E-state index contributed by atoms with van der Waals surface area (Å²) in [6.45, 7) is 4.59. The monoisotopic (exact) mass is 300 g/mol. The van der Waals surface area contributed by atoms with Crippen LogP contribution in [0, 0.1) is 13.8 Å². The molecule has 0 aliphatic carbocycles. The maximum atomic E-state index is 12.5. The fraction of sp³-hybridized carbons (Fsp3) is 0.667. The molecule has 8 heteroatoms. The van der Waals surface area contributed by atoms with Gasteiger partial charge in [-0.1, -0.05) is 0 Å². The summed E-state index contributed by atoms with van der Waals surface area (Å²) in [5.74, 6) is -0.146. The van der Waals surface area contributed by atoms with Crippen LogP contribution < -0.4 is 0 Å². The molecule has 2 heterocycles. The highest BCUT2D eigenvalue weighted by Crippen LogP contribution is 2.20. The van der Waals surface area contributed by atoms with Gasteiger partial charge in [0.2, 0.25) is 15.9 Å². The van der Waals surface area contributed by atoms with Crippen LogP contribution in [0.15, 0.2) is 4.90 Å². The Morgan fingerprint density at radius 3 is 2.45 bits per heavy atom. The smallest absolute Gasteiger partial charge is 0.246 e. The minimum absolute atomic E-state index is 0.133. The van der Waals surface area contributed by atoms with E-state index < -0.39 is 10.0 Å². The van der Waals surface area contributed by atoms with Gasteiger partial charge in [0.25, 0.3) is 0 Å². The molecule has 1 saturated heterocycles. The standard InChI is InChI=1S/C12H20N4O3S/c1-9-12(10(2)14-13-9)20(18,19)15(3)8-11(17)16-6-4-5-7-16/h4-8H2,1-3H3,(H,13,14). The van der Waals surface area contributed by atoms with Crippen LogP contribution in [0.25, 0.3) is 0 Å². The van der Waals surface area contributed by atoms with Crippen LogP contribution in [0.1, 0.15) is 24.2 Å².